The molecule has 0 heteroatoms. The number of hydrogen-bond donors (Lipinski definition) is 0. The number of rotatable bonds is 0. The molecule has 3 aliphatic rings. The lowest BCUT2D eigenvalue weighted by Crippen LogP contribution is -2.16. The monoisotopic (exact) mass is 226 g/mol. The van der Waals surface area contributed by atoms with E-state index in [0.717, 1.165) is 17.8 Å². The largest absolute Gasteiger partial charge is 0.0617 e. The van der Waals surface area contributed by atoms with Crippen molar-refractivity contribution in [2.75, 3.05) is 0 Å². The normalized spacial score (nSPS) is 34.9. The first-order valence-corrected chi connectivity index (χ1v) is 7.57. The number of hydrogen-bond acceptors (Lipinski definition) is 0. The second kappa shape index (κ2) is 3.86. The SMILES string of the molecule is c1cc2c3c(c1)C1CCCCC1C3CCCC2. The van der Waals surface area contributed by atoms with E-state index < -0.39 is 0 Å². The van der Waals surface area contributed by atoms with E-state index in [-0.39, 0.29) is 0 Å². The van der Waals surface area contributed by atoms with Crippen molar-refractivity contribution >= 4 is 0 Å². The minimum atomic E-state index is 0.932. The summed E-state index contributed by atoms with van der Waals surface area (Å²) in [6.07, 6.45) is 11.6. The third-order valence-corrected chi connectivity index (χ3v) is 5.55. The maximum Gasteiger partial charge on any atom is -0.0122 e. The van der Waals surface area contributed by atoms with Gasteiger partial charge in [0, 0.05) is 0 Å². The lowest BCUT2D eigenvalue weighted by Gasteiger charge is -2.29. The van der Waals surface area contributed by atoms with Gasteiger partial charge in [0.05, 0.1) is 0 Å². The van der Waals surface area contributed by atoms with Crippen molar-refractivity contribution in [2.24, 2.45) is 5.92 Å². The average molecular weight is 226 g/mol. The van der Waals surface area contributed by atoms with Gasteiger partial charge in [-0.25, -0.2) is 0 Å². The first-order chi connectivity index (χ1) is 8.45. The van der Waals surface area contributed by atoms with Crippen molar-refractivity contribution in [1.82, 2.24) is 0 Å². The van der Waals surface area contributed by atoms with E-state index in [0.29, 0.717) is 0 Å². The van der Waals surface area contributed by atoms with E-state index in [9.17, 15) is 0 Å². The molecule has 0 radical (unpaired) electrons. The Balaban J connectivity index is 1.87. The average Bonchev–Trinajstić information content (AvgIpc) is 2.56. The van der Waals surface area contributed by atoms with Crippen molar-refractivity contribution < 1.29 is 0 Å². The predicted molar refractivity (Wildman–Crippen MR) is 71.4 cm³/mol. The zero-order valence-corrected chi connectivity index (χ0v) is 10.6. The molecule has 90 valence electrons. The fourth-order valence-electron chi connectivity index (χ4n) is 4.91. The summed E-state index contributed by atoms with van der Waals surface area (Å²) in [6, 6.07) is 7.19. The van der Waals surface area contributed by atoms with E-state index in [2.05, 4.69) is 18.2 Å². The van der Waals surface area contributed by atoms with Crippen molar-refractivity contribution in [3.63, 3.8) is 0 Å². The van der Waals surface area contributed by atoms with Crippen molar-refractivity contribution in [1.29, 1.82) is 0 Å². The second-order valence-electron chi connectivity index (χ2n) is 6.33. The maximum absolute atomic E-state index is 2.45. The number of fused-ring (bicyclic) bond motifs is 3. The van der Waals surface area contributed by atoms with Gasteiger partial charge < -0.3 is 0 Å². The number of aryl methyl sites for hydroxylation is 1. The molecule has 3 unspecified atom stereocenters. The molecule has 4 rings (SSSR count). The Labute approximate surface area is 104 Å². The molecule has 0 heterocycles. The molecule has 0 spiro atoms. The van der Waals surface area contributed by atoms with Crippen LogP contribution in [0.25, 0.3) is 0 Å². The van der Waals surface area contributed by atoms with Crippen molar-refractivity contribution in [2.45, 2.75) is 63.2 Å². The smallest absolute Gasteiger partial charge is 0.0122 e. The van der Waals surface area contributed by atoms with Crippen LogP contribution in [0.4, 0.5) is 0 Å². The second-order valence-corrected chi connectivity index (χ2v) is 6.33. The van der Waals surface area contributed by atoms with Gasteiger partial charge in [0.2, 0.25) is 0 Å². The summed E-state index contributed by atoms with van der Waals surface area (Å²) in [7, 11) is 0. The molecule has 1 aromatic carbocycles. The summed E-state index contributed by atoms with van der Waals surface area (Å²) in [5, 5.41) is 0. The highest BCUT2D eigenvalue weighted by atomic mass is 14.5. The van der Waals surface area contributed by atoms with Crippen LogP contribution in [0.2, 0.25) is 0 Å². The van der Waals surface area contributed by atoms with Gasteiger partial charge in [0.15, 0.2) is 0 Å². The van der Waals surface area contributed by atoms with E-state index >= 15 is 0 Å². The van der Waals surface area contributed by atoms with Crippen LogP contribution in [-0.2, 0) is 6.42 Å². The molecule has 17 heavy (non-hydrogen) atoms. The van der Waals surface area contributed by atoms with Gasteiger partial charge in [0.25, 0.3) is 0 Å². The van der Waals surface area contributed by atoms with Crippen molar-refractivity contribution in [3.05, 3.63) is 34.9 Å². The Hall–Kier alpha value is -0.780. The Morgan fingerprint density at radius 3 is 2.65 bits per heavy atom. The molecular weight excluding hydrogens is 204 g/mol. The molecule has 0 bridgehead atoms. The Morgan fingerprint density at radius 2 is 1.65 bits per heavy atom. The lowest BCUT2D eigenvalue weighted by molar-refractivity contribution is 0.280. The summed E-state index contributed by atoms with van der Waals surface area (Å²) in [6.45, 7) is 0. The van der Waals surface area contributed by atoms with Crippen LogP contribution in [0, 0.1) is 5.92 Å². The minimum Gasteiger partial charge on any atom is -0.0617 e. The van der Waals surface area contributed by atoms with Crippen LogP contribution in [0.1, 0.15) is 73.5 Å². The molecule has 0 aromatic heterocycles. The van der Waals surface area contributed by atoms with Crippen LogP contribution in [0.3, 0.4) is 0 Å². The van der Waals surface area contributed by atoms with Gasteiger partial charge in [-0.2, -0.15) is 0 Å². The van der Waals surface area contributed by atoms with Crippen molar-refractivity contribution in [3.8, 4) is 0 Å². The molecule has 1 saturated carbocycles. The Morgan fingerprint density at radius 1 is 0.824 bits per heavy atom. The van der Waals surface area contributed by atoms with E-state index in [1.807, 2.05) is 5.56 Å². The fraction of sp³-hybridized carbons (Fsp3) is 0.647. The van der Waals surface area contributed by atoms with Gasteiger partial charge in [-0.15, -0.1) is 0 Å². The molecule has 1 fully saturated rings. The highest BCUT2D eigenvalue weighted by Gasteiger charge is 2.42. The van der Waals surface area contributed by atoms with Gasteiger partial charge in [-0.3, -0.25) is 0 Å². The standard InChI is InChI=1S/C17H22/c1-2-10-15-13-8-3-4-9-14(13)16-11-5-7-12(6-1)17(15)16/h5,7,11,13-15H,1-4,6,8-10H2. The van der Waals surface area contributed by atoms with Crippen LogP contribution < -0.4 is 0 Å². The summed E-state index contributed by atoms with van der Waals surface area (Å²) < 4.78 is 0. The first-order valence-electron chi connectivity index (χ1n) is 7.57. The minimum absolute atomic E-state index is 0.932. The summed E-state index contributed by atoms with van der Waals surface area (Å²) in [5.41, 5.74) is 5.29. The first kappa shape index (κ1) is 10.2. The summed E-state index contributed by atoms with van der Waals surface area (Å²) >= 11 is 0. The zero-order valence-electron chi connectivity index (χ0n) is 10.6. The third kappa shape index (κ3) is 1.42. The summed E-state index contributed by atoms with van der Waals surface area (Å²) in [4.78, 5) is 0. The topological polar surface area (TPSA) is 0 Å². The molecule has 0 aliphatic heterocycles. The Kier molecular flexibility index (Phi) is 2.31. The molecular formula is C17H22. The maximum atomic E-state index is 2.45. The highest BCUT2D eigenvalue weighted by Crippen LogP contribution is 2.56. The number of benzene rings is 1. The lowest BCUT2D eigenvalue weighted by atomic mass is 9.75. The van der Waals surface area contributed by atoms with Crippen LogP contribution in [0.15, 0.2) is 18.2 Å². The van der Waals surface area contributed by atoms with Gasteiger partial charge >= 0.3 is 0 Å². The van der Waals surface area contributed by atoms with E-state index in [1.54, 1.807) is 11.1 Å². The Bertz CT molecular complexity index is 432. The molecule has 0 amide bonds. The van der Waals surface area contributed by atoms with Crippen LogP contribution in [-0.4, -0.2) is 0 Å². The predicted octanol–water partition coefficient (Wildman–Crippen LogP) is 4.78. The van der Waals surface area contributed by atoms with E-state index in [4.69, 9.17) is 0 Å². The highest BCUT2D eigenvalue weighted by molar-refractivity contribution is 5.46. The fourth-order valence-corrected chi connectivity index (χ4v) is 4.91. The molecule has 0 nitrogen and oxygen atoms in total. The summed E-state index contributed by atoms with van der Waals surface area (Å²) in [5.74, 6) is 2.88. The van der Waals surface area contributed by atoms with Gasteiger partial charge in [0.1, 0.15) is 0 Å². The molecule has 0 saturated heterocycles. The quantitative estimate of drug-likeness (QED) is 0.597. The van der Waals surface area contributed by atoms with Gasteiger partial charge in [-0.05, 0) is 66.5 Å². The molecule has 0 N–H and O–H groups in total. The van der Waals surface area contributed by atoms with E-state index in [1.165, 1.54) is 51.4 Å². The zero-order chi connectivity index (χ0) is 11.2. The van der Waals surface area contributed by atoms with Gasteiger partial charge in [-0.1, -0.05) is 37.5 Å². The molecule has 3 atom stereocenters. The molecule has 3 aliphatic carbocycles. The van der Waals surface area contributed by atoms with Crippen LogP contribution in [0.5, 0.6) is 0 Å². The third-order valence-electron chi connectivity index (χ3n) is 5.55. The van der Waals surface area contributed by atoms with Crippen LogP contribution >= 0.6 is 0 Å². The molecule has 1 aromatic rings.